The fourth-order valence-electron chi connectivity index (χ4n) is 3.94. The fourth-order valence-corrected chi connectivity index (χ4v) is 6.72. The van der Waals surface area contributed by atoms with E-state index in [2.05, 4.69) is 82.9 Å². The molecule has 0 heterocycles. The van der Waals surface area contributed by atoms with Gasteiger partial charge in [-0.1, -0.05) is 63.3 Å². The van der Waals surface area contributed by atoms with Crippen LogP contribution in [0, 0.1) is 5.92 Å². The van der Waals surface area contributed by atoms with E-state index in [-0.39, 0.29) is 16.4 Å². The summed E-state index contributed by atoms with van der Waals surface area (Å²) in [4.78, 5) is 1.27. The lowest BCUT2D eigenvalue weighted by atomic mass is 10.0. The van der Waals surface area contributed by atoms with E-state index in [9.17, 15) is 0 Å². The standard InChI is InChI=1S/C29H40O3SSi/c1-8-23-20-27(32-34(6,7)29(2,3)4)28(33-25-12-10-9-11-13-25)26(23)18-19-31-21-22-14-16-24(30-5)17-15-22/h8-18,23,27-28H,1,19-21H2,2-7H3/b26-18+/t23-,27-,28-/m0/s1. The first-order valence-corrected chi connectivity index (χ1v) is 15.9. The summed E-state index contributed by atoms with van der Waals surface area (Å²) in [5, 5.41) is 0.427. The van der Waals surface area contributed by atoms with Crippen LogP contribution in [0.15, 0.2) is 83.8 Å². The van der Waals surface area contributed by atoms with E-state index in [1.165, 1.54) is 10.5 Å². The number of hydrogen-bond acceptors (Lipinski definition) is 4. The molecule has 0 aliphatic heterocycles. The Kier molecular flexibility index (Phi) is 9.27. The number of rotatable bonds is 10. The first-order valence-electron chi connectivity index (χ1n) is 12.1. The zero-order valence-electron chi connectivity index (χ0n) is 21.5. The van der Waals surface area contributed by atoms with Crippen LogP contribution < -0.4 is 4.74 Å². The van der Waals surface area contributed by atoms with E-state index in [0.29, 0.717) is 19.1 Å². The summed E-state index contributed by atoms with van der Waals surface area (Å²) in [6.45, 7) is 16.9. The SMILES string of the molecule is C=C[C@H]1C[C@H](O[Si](C)(C)C(C)(C)C)[C@@H](Sc2ccccc2)/C1=C/COCc1ccc(OC)cc1. The molecule has 0 saturated heterocycles. The Hall–Kier alpha value is -1.79. The predicted molar refractivity (Wildman–Crippen MR) is 147 cm³/mol. The third kappa shape index (κ3) is 6.88. The Bertz CT molecular complexity index is 948. The van der Waals surface area contributed by atoms with Crippen LogP contribution in [0.1, 0.15) is 32.8 Å². The monoisotopic (exact) mass is 496 g/mol. The van der Waals surface area contributed by atoms with Crippen molar-refractivity contribution in [3.63, 3.8) is 0 Å². The summed E-state index contributed by atoms with van der Waals surface area (Å²) in [7, 11) is -0.226. The highest BCUT2D eigenvalue weighted by atomic mass is 32.2. The molecule has 3 nitrogen and oxygen atoms in total. The number of ether oxygens (including phenoxy) is 2. The zero-order valence-corrected chi connectivity index (χ0v) is 23.4. The van der Waals surface area contributed by atoms with Crippen molar-refractivity contribution in [2.24, 2.45) is 5.92 Å². The number of thioether (sulfide) groups is 1. The van der Waals surface area contributed by atoms with E-state index in [1.54, 1.807) is 7.11 Å². The maximum absolute atomic E-state index is 6.98. The molecule has 0 unspecified atom stereocenters. The molecule has 2 aromatic carbocycles. The molecule has 1 aliphatic carbocycles. The maximum Gasteiger partial charge on any atom is 0.192 e. The second kappa shape index (κ2) is 11.8. The van der Waals surface area contributed by atoms with Gasteiger partial charge in [0.25, 0.3) is 0 Å². The average Bonchev–Trinajstić information content (AvgIpc) is 3.12. The van der Waals surface area contributed by atoms with Gasteiger partial charge < -0.3 is 13.9 Å². The van der Waals surface area contributed by atoms with Gasteiger partial charge in [-0.3, -0.25) is 0 Å². The maximum atomic E-state index is 6.98. The molecule has 0 radical (unpaired) electrons. The number of methoxy groups -OCH3 is 1. The smallest absolute Gasteiger partial charge is 0.192 e. The summed E-state index contributed by atoms with van der Waals surface area (Å²) in [5.41, 5.74) is 2.52. The van der Waals surface area contributed by atoms with Gasteiger partial charge in [0.1, 0.15) is 5.75 Å². The van der Waals surface area contributed by atoms with Gasteiger partial charge in [0, 0.05) is 10.8 Å². The molecule has 1 aliphatic rings. The topological polar surface area (TPSA) is 27.7 Å². The van der Waals surface area contributed by atoms with E-state index >= 15 is 0 Å². The quantitative estimate of drug-likeness (QED) is 0.190. The van der Waals surface area contributed by atoms with E-state index in [0.717, 1.165) is 17.7 Å². The summed E-state index contributed by atoms with van der Waals surface area (Å²) in [6, 6.07) is 18.7. The Morgan fingerprint density at radius 1 is 1.06 bits per heavy atom. The van der Waals surface area contributed by atoms with Gasteiger partial charge in [-0.15, -0.1) is 18.3 Å². The first kappa shape index (κ1) is 26.8. The highest BCUT2D eigenvalue weighted by Gasteiger charge is 2.45. The molecular weight excluding hydrogens is 456 g/mol. The minimum Gasteiger partial charge on any atom is -0.497 e. The van der Waals surface area contributed by atoms with Crippen molar-refractivity contribution in [1.29, 1.82) is 0 Å². The predicted octanol–water partition coefficient (Wildman–Crippen LogP) is 7.90. The number of benzene rings is 2. The average molecular weight is 497 g/mol. The van der Waals surface area contributed by atoms with Gasteiger partial charge in [-0.25, -0.2) is 0 Å². The Balaban J connectivity index is 1.77. The van der Waals surface area contributed by atoms with Gasteiger partial charge in [-0.2, -0.15) is 0 Å². The first-order chi connectivity index (χ1) is 16.1. The largest absolute Gasteiger partial charge is 0.497 e. The Morgan fingerprint density at radius 2 is 1.74 bits per heavy atom. The van der Waals surface area contributed by atoms with Crippen molar-refractivity contribution >= 4 is 20.1 Å². The summed E-state index contributed by atoms with van der Waals surface area (Å²) < 4.78 is 18.3. The van der Waals surface area contributed by atoms with E-state index in [1.807, 2.05) is 36.0 Å². The Morgan fingerprint density at radius 3 is 2.32 bits per heavy atom. The van der Waals surface area contributed by atoms with Gasteiger partial charge in [0.2, 0.25) is 0 Å². The van der Waals surface area contributed by atoms with Crippen LogP contribution in [0.25, 0.3) is 0 Å². The van der Waals surface area contributed by atoms with Gasteiger partial charge in [0.15, 0.2) is 8.32 Å². The van der Waals surface area contributed by atoms with Crippen LogP contribution in [0.3, 0.4) is 0 Å². The molecule has 0 N–H and O–H groups in total. The van der Waals surface area contributed by atoms with Crippen LogP contribution in [0.2, 0.25) is 18.1 Å². The molecule has 2 aromatic rings. The van der Waals surface area contributed by atoms with Crippen molar-refractivity contribution in [3.05, 3.63) is 84.5 Å². The molecule has 1 saturated carbocycles. The third-order valence-electron chi connectivity index (χ3n) is 6.99. The molecule has 3 rings (SSSR count). The van der Waals surface area contributed by atoms with Crippen LogP contribution in [-0.2, 0) is 15.8 Å². The van der Waals surface area contributed by atoms with Gasteiger partial charge in [-0.05, 0) is 60.0 Å². The molecule has 0 aromatic heterocycles. The van der Waals surface area contributed by atoms with Crippen molar-refractivity contribution in [2.45, 2.75) is 68.2 Å². The molecule has 1 fully saturated rings. The summed E-state index contributed by atoms with van der Waals surface area (Å²) >= 11 is 1.91. The Labute approximate surface area is 211 Å². The van der Waals surface area contributed by atoms with Crippen molar-refractivity contribution < 1.29 is 13.9 Å². The molecule has 34 heavy (non-hydrogen) atoms. The normalized spacial score (nSPS) is 22.2. The zero-order chi connectivity index (χ0) is 24.8. The molecule has 0 amide bonds. The molecule has 5 heteroatoms. The third-order valence-corrected chi connectivity index (χ3v) is 12.9. The lowest BCUT2D eigenvalue weighted by Crippen LogP contribution is -2.45. The number of allylic oxidation sites excluding steroid dienone is 1. The minimum absolute atomic E-state index is 0.168. The fraction of sp³-hybridized carbons (Fsp3) is 0.448. The van der Waals surface area contributed by atoms with Crippen LogP contribution >= 0.6 is 11.8 Å². The summed E-state index contributed by atoms with van der Waals surface area (Å²) in [6.07, 6.45) is 5.50. The van der Waals surface area contributed by atoms with Crippen LogP contribution in [-0.4, -0.2) is 33.4 Å². The molecule has 3 atom stereocenters. The second-order valence-electron chi connectivity index (χ2n) is 10.4. The van der Waals surface area contributed by atoms with Crippen LogP contribution in [0.4, 0.5) is 0 Å². The lowest BCUT2D eigenvalue weighted by Gasteiger charge is -2.39. The molecule has 0 spiro atoms. The minimum atomic E-state index is -1.91. The van der Waals surface area contributed by atoms with Gasteiger partial charge >= 0.3 is 0 Å². The highest BCUT2D eigenvalue weighted by Crippen LogP contribution is 2.47. The molecule has 0 bridgehead atoms. The molecule has 184 valence electrons. The molecular formula is C29H40O3SSi. The number of hydrogen-bond donors (Lipinski definition) is 0. The van der Waals surface area contributed by atoms with Crippen molar-refractivity contribution in [1.82, 2.24) is 0 Å². The lowest BCUT2D eigenvalue weighted by molar-refractivity contribution is 0.148. The van der Waals surface area contributed by atoms with Crippen molar-refractivity contribution in [2.75, 3.05) is 13.7 Å². The summed E-state index contributed by atoms with van der Waals surface area (Å²) in [5.74, 6) is 1.17. The van der Waals surface area contributed by atoms with E-state index < -0.39 is 8.32 Å². The van der Waals surface area contributed by atoms with Crippen LogP contribution in [0.5, 0.6) is 5.75 Å². The highest BCUT2D eigenvalue weighted by molar-refractivity contribution is 8.00. The second-order valence-corrected chi connectivity index (χ2v) is 16.4. The van der Waals surface area contributed by atoms with Crippen molar-refractivity contribution in [3.8, 4) is 5.75 Å². The van der Waals surface area contributed by atoms with Gasteiger partial charge in [0.05, 0.1) is 31.7 Å². The van der Waals surface area contributed by atoms with E-state index in [4.69, 9.17) is 13.9 Å².